The van der Waals surface area contributed by atoms with E-state index in [1.807, 2.05) is 42.5 Å². The van der Waals surface area contributed by atoms with E-state index in [1.54, 1.807) is 13.3 Å². The number of ether oxygens (including phenoxy) is 1. The predicted octanol–water partition coefficient (Wildman–Crippen LogP) is 5.73. The van der Waals surface area contributed by atoms with Crippen molar-refractivity contribution >= 4 is 44.0 Å². The van der Waals surface area contributed by atoms with Gasteiger partial charge in [-0.05, 0) is 74.7 Å². The molecule has 0 atom stereocenters. The molecule has 2 aromatic rings. The predicted molar refractivity (Wildman–Crippen MR) is 95.3 cm³/mol. The van der Waals surface area contributed by atoms with E-state index in [1.165, 1.54) is 0 Å². The molecular formula is C17H15Br2NO. The lowest BCUT2D eigenvalue weighted by molar-refractivity contribution is 0.409. The van der Waals surface area contributed by atoms with Gasteiger partial charge < -0.3 is 4.74 Å². The Kier molecular flexibility index (Phi) is 5.76. The van der Waals surface area contributed by atoms with Gasteiger partial charge in [0, 0.05) is 6.20 Å². The number of halogens is 2. The second-order valence-corrected chi connectivity index (χ2v) is 6.20. The summed E-state index contributed by atoms with van der Waals surface area (Å²) in [5, 5.41) is 0. The van der Waals surface area contributed by atoms with Gasteiger partial charge in [0.15, 0.2) is 0 Å². The molecular weight excluding hydrogens is 394 g/mol. The Labute approximate surface area is 141 Å². The zero-order chi connectivity index (χ0) is 15.2. The molecule has 0 N–H and O–H groups in total. The first-order valence-electron chi connectivity index (χ1n) is 6.40. The first kappa shape index (κ1) is 16.0. The molecule has 0 aliphatic rings. The third-order valence-corrected chi connectivity index (χ3v) is 4.00. The van der Waals surface area contributed by atoms with Crippen LogP contribution in [0.5, 0.6) is 5.75 Å². The number of aromatic nitrogens is 1. The Hall–Kier alpha value is -1.39. The standard InChI is InChI=1S/C17H15Br2NO/c1-12(6-7-14-5-3-4-8-20-14)9-13-10-15(18)17(21-2)16(19)11-13/h3-11H,1-2H3/b7-6+,12-9+. The van der Waals surface area contributed by atoms with Gasteiger partial charge in [-0.25, -0.2) is 0 Å². The molecule has 0 aliphatic heterocycles. The molecule has 4 heteroatoms. The van der Waals surface area contributed by atoms with Crippen LogP contribution in [0.1, 0.15) is 18.2 Å². The van der Waals surface area contributed by atoms with Gasteiger partial charge in [-0.2, -0.15) is 0 Å². The van der Waals surface area contributed by atoms with Crippen LogP contribution in [-0.4, -0.2) is 12.1 Å². The fourth-order valence-electron chi connectivity index (χ4n) is 1.86. The zero-order valence-electron chi connectivity index (χ0n) is 11.8. The maximum absolute atomic E-state index is 5.30. The molecule has 1 aromatic carbocycles. The Morgan fingerprint density at radius 3 is 2.48 bits per heavy atom. The van der Waals surface area contributed by atoms with Gasteiger partial charge in [-0.3, -0.25) is 4.98 Å². The lowest BCUT2D eigenvalue weighted by atomic mass is 10.1. The smallest absolute Gasteiger partial charge is 0.147 e. The fourth-order valence-corrected chi connectivity index (χ4v) is 3.41. The Bertz CT molecular complexity index is 655. The Morgan fingerprint density at radius 2 is 1.90 bits per heavy atom. The monoisotopic (exact) mass is 407 g/mol. The summed E-state index contributed by atoms with van der Waals surface area (Å²) in [6.07, 6.45) is 7.94. The van der Waals surface area contributed by atoms with Crippen molar-refractivity contribution in [2.75, 3.05) is 7.11 Å². The van der Waals surface area contributed by atoms with Crippen molar-refractivity contribution in [1.82, 2.24) is 4.98 Å². The van der Waals surface area contributed by atoms with Crippen molar-refractivity contribution < 1.29 is 4.74 Å². The highest BCUT2D eigenvalue weighted by molar-refractivity contribution is 9.11. The van der Waals surface area contributed by atoms with Gasteiger partial charge in [0.05, 0.1) is 21.7 Å². The van der Waals surface area contributed by atoms with Crippen LogP contribution in [0.15, 0.2) is 57.1 Å². The van der Waals surface area contributed by atoms with Gasteiger partial charge in [-0.15, -0.1) is 0 Å². The average molecular weight is 409 g/mol. The average Bonchev–Trinajstić information content (AvgIpc) is 2.46. The molecule has 0 spiro atoms. The topological polar surface area (TPSA) is 22.1 Å². The van der Waals surface area contributed by atoms with Crippen LogP contribution >= 0.6 is 31.9 Å². The lowest BCUT2D eigenvalue weighted by Gasteiger charge is -2.07. The molecule has 108 valence electrons. The largest absolute Gasteiger partial charge is 0.494 e. The highest BCUT2D eigenvalue weighted by Crippen LogP contribution is 2.35. The summed E-state index contributed by atoms with van der Waals surface area (Å²) >= 11 is 7.02. The van der Waals surface area contributed by atoms with E-state index < -0.39 is 0 Å². The van der Waals surface area contributed by atoms with Crippen LogP contribution in [0, 0.1) is 0 Å². The second-order valence-electron chi connectivity index (χ2n) is 4.49. The Morgan fingerprint density at radius 1 is 1.19 bits per heavy atom. The summed E-state index contributed by atoms with van der Waals surface area (Å²) < 4.78 is 7.15. The van der Waals surface area contributed by atoms with E-state index in [2.05, 4.69) is 49.8 Å². The molecule has 0 radical (unpaired) electrons. The van der Waals surface area contributed by atoms with Gasteiger partial charge in [0.1, 0.15) is 5.75 Å². The van der Waals surface area contributed by atoms with Gasteiger partial charge in [0.2, 0.25) is 0 Å². The van der Waals surface area contributed by atoms with Crippen molar-refractivity contribution in [3.8, 4) is 5.75 Å². The molecule has 0 amide bonds. The lowest BCUT2D eigenvalue weighted by Crippen LogP contribution is -1.87. The van der Waals surface area contributed by atoms with Crippen LogP contribution in [0.3, 0.4) is 0 Å². The number of rotatable bonds is 4. The molecule has 0 saturated carbocycles. The van der Waals surface area contributed by atoms with E-state index >= 15 is 0 Å². The summed E-state index contributed by atoms with van der Waals surface area (Å²) in [4.78, 5) is 4.26. The molecule has 0 bridgehead atoms. The van der Waals surface area contributed by atoms with Crippen LogP contribution < -0.4 is 4.74 Å². The summed E-state index contributed by atoms with van der Waals surface area (Å²) in [7, 11) is 1.65. The number of methoxy groups -OCH3 is 1. The van der Waals surface area contributed by atoms with Crippen LogP contribution in [0.4, 0.5) is 0 Å². The van der Waals surface area contributed by atoms with Crippen LogP contribution in [0.25, 0.3) is 12.2 Å². The zero-order valence-corrected chi connectivity index (χ0v) is 15.0. The second kappa shape index (κ2) is 7.57. The third kappa shape index (κ3) is 4.55. The number of benzene rings is 1. The fraction of sp³-hybridized carbons (Fsp3) is 0.118. The van der Waals surface area contributed by atoms with E-state index in [0.717, 1.165) is 31.5 Å². The van der Waals surface area contributed by atoms with Crippen LogP contribution in [0.2, 0.25) is 0 Å². The number of nitrogens with zero attached hydrogens (tertiary/aromatic N) is 1. The first-order chi connectivity index (χ1) is 10.1. The quantitative estimate of drug-likeness (QED) is 0.602. The summed E-state index contributed by atoms with van der Waals surface area (Å²) in [5.74, 6) is 0.800. The minimum absolute atomic E-state index is 0.800. The number of pyridine rings is 1. The van der Waals surface area contributed by atoms with Crippen molar-refractivity contribution in [2.45, 2.75) is 6.92 Å². The summed E-state index contributed by atoms with van der Waals surface area (Å²) in [6, 6.07) is 9.92. The summed E-state index contributed by atoms with van der Waals surface area (Å²) in [6.45, 7) is 2.06. The molecule has 0 saturated heterocycles. The maximum atomic E-state index is 5.30. The van der Waals surface area contributed by atoms with Crippen LogP contribution in [-0.2, 0) is 0 Å². The minimum Gasteiger partial charge on any atom is -0.494 e. The molecule has 2 rings (SSSR count). The Balaban J connectivity index is 2.21. The van der Waals surface area contributed by atoms with Gasteiger partial charge in [-0.1, -0.05) is 23.8 Å². The number of hydrogen-bond donors (Lipinski definition) is 0. The number of hydrogen-bond acceptors (Lipinski definition) is 2. The molecule has 2 nitrogen and oxygen atoms in total. The van der Waals surface area contributed by atoms with E-state index in [-0.39, 0.29) is 0 Å². The minimum atomic E-state index is 0.800. The normalized spacial score (nSPS) is 11.9. The van der Waals surface area contributed by atoms with Crippen molar-refractivity contribution in [1.29, 1.82) is 0 Å². The van der Waals surface area contributed by atoms with Gasteiger partial charge >= 0.3 is 0 Å². The summed E-state index contributed by atoms with van der Waals surface area (Å²) in [5.41, 5.74) is 3.18. The number of allylic oxidation sites excluding steroid dienone is 2. The molecule has 0 unspecified atom stereocenters. The molecule has 1 aromatic heterocycles. The maximum Gasteiger partial charge on any atom is 0.147 e. The SMILES string of the molecule is COc1c(Br)cc(/C=C(C)/C=C/c2ccccn2)cc1Br. The van der Waals surface area contributed by atoms with Gasteiger partial charge in [0.25, 0.3) is 0 Å². The van der Waals surface area contributed by atoms with E-state index in [9.17, 15) is 0 Å². The van der Waals surface area contributed by atoms with Crippen molar-refractivity contribution in [3.63, 3.8) is 0 Å². The van der Waals surface area contributed by atoms with E-state index in [0.29, 0.717) is 0 Å². The van der Waals surface area contributed by atoms with E-state index in [4.69, 9.17) is 4.74 Å². The molecule has 0 fully saturated rings. The molecule has 1 heterocycles. The van der Waals surface area contributed by atoms with Crippen molar-refractivity contribution in [2.24, 2.45) is 0 Å². The highest BCUT2D eigenvalue weighted by Gasteiger charge is 2.06. The molecule has 0 aliphatic carbocycles. The van der Waals surface area contributed by atoms with Crippen molar-refractivity contribution in [3.05, 3.63) is 68.4 Å². The molecule has 21 heavy (non-hydrogen) atoms. The first-order valence-corrected chi connectivity index (χ1v) is 7.99. The third-order valence-electron chi connectivity index (χ3n) is 2.82. The highest BCUT2D eigenvalue weighted by atomic mass is 79.9.